The van der Waals surface area contributed by atoms with Crippen molar-refractivity contribution in [2.24, 2.45) is 0 Å². The van der Waals surface area contributed by atoms with Gasteiger partial charge in [0.05, 0.1) is 32.2 Å². The molecule has 3 aromatic carbocycles. The van der Waals surface area contributed by atoms with Gasteiger partial charge in [-0.2, -0.15) is 0 Å². The van der Waals surface area contributed by atoms with Gasteiger partial charge in [-0.05, 0) is 67.3 Å². The van der Waals surface area contributed by atoms with Crippen molar-refractivity contribution in [1.29, 1.82) is 0 Å². The first-order valence-electron chi connectivity index (χ1n) is 10.4. The van der Waals surface area contributed by atoms with E-state index in [0.29, 0.717) is 29.6 Å². The van der Waals surface area contributed by atoms with Crippen LogP contribution in [-0.4, -0.2) is 24.5 Å². The summed E-state index contributed by atoms with van der Waals surface area (Å²) in [5, 5.41) is 0.383. The Morgan fingerprint density at radius 1 is 0.970 bits per heavy atom. The molecule has 168 valence electrons. The van der Waals surface area contributed by atoms with E-state index in [1.165, 1.54) is 22.5 Å². The molecule has 5 rings (SSSR count). The van der Waals surface area contributed by atoms with Gasteiger partial charge in [0.25, 0.3) is 15.6 Å². The second-order valence-corrected chi connectivity index (χ2v) is 10.3. The molecule has 33 heavy (non-hydrogen) atoms. The highest BCUT2D eigenvalue weighted by Gasteiger charge is 2.30. The molecule has 0 bridgehead atoms. The van der Waals surface area contributed by atoms with Crippen LogP contribution in [0.25, 0.3) is 16.6 Å². The number of nitrogens with zero attached hydrogens (tertiary/aromatic N) is 2. The van der Waals surface area contributed by atoms with Crippen molar-refractivity contribution in [2.45, 2.75) is 24.7 Å². The summed E-state index contributed by atoms with van der Waals surface area (Å²) in [5.41, 5.74) is 1.82. The lowest BCUT2D eigenvalue weighted by Gasteiger charge is -2.31. The molecule has 2 heterocycles. The van der Waals surface area contributed by atoms with E-state index in [2.05, 4.69) is 4.98 Å². The van der Waals surface area contributed by atoms with Crippen LogP contribution in [0.1, 0.15) is 17.5 Å². The highest BCUT2D eigenvalue weighted by molar-refractivity contribution is 7.92. The molecule has 1 aliphatic rings. The van der Waals surface area contributed by atoms with E-state index in [4.69, 9.17) is 11.6 Å². The van der Waals surface area contributed by atoms with Crippen molar-refractivity contribution in [1.82, 2.24) is 9.55 Å². The van der Waals surface area contributed by atoms with Crippen LogP contribution in [0, 0.1) is 6.92 Å². The smallest absolute Gasteiger partial charge is 0.306 e. The Balaban J connectivity index is 1.69. The zero-order chi connectivity index (χ0) is 23.3. The maximum absolute atomic E-state index is 13.6. The third kappa shape index (κ3) is 3.46. The normalized spacial score (nSPS) is 13.8. The number of aromatic amines is 1. The predicted molar refractivity (Wildman–Crippen MR) is 129 cm³/mol. The number of halogens is 1. The Morgan fingerprint density at radius 2 is 1.76 bits per heavy atom. The van der Waals surface area contributed by atoms with Gasteiger partial charge in [0.2, 0.25) is 0 Å². The van der Waals surface area contributed by atoms with Crippen molar-refractivity contribution in [2.75, 3.05) is 10.8 Å². The van der Waals surface area contributed by atoms with Crippen LogP contribution < -0.4 is 15.6 Å². The molecule has 1 aliphatic heterocycles. The number of benzene rings is 3. The molecule has 0 radical (unpaired) electrons. The molecule has 0 spiro atoms. The van der Waals surface area contributed by atoms with Crippen molar-refractivity contribution in [3.63, 3.8) is 0 Å². The van der Waals surface area contributed by atoms with Crippen LogP contribution >= 0.6 is 11.6 Å². The number of aryl methyl sites for hydroxylation is 1. The summed E-state index contributed by atoms with van der Waals surface area (Å²) >= 11 is 6.34. The Hall–Kier alpha value is -3.36. The van der Waals surface area contributed by atoms with Gasteiger partial charge >= 0.3 is 5.69 Å². The molecule has 9 heteroatoms. The fourth-order valence-corrected chi connectivity index (χ4v) is 6.10. The Kier molecular flexibility index (Phi) is 5.14. The summed E-state index contributed by atoms with van der Waals surface area (Å²) in [6.07, 6.45) is 1.50. The molecule has 1 N–H and O–H groups in total. The minimum atomic E-state index is -3.96. The zero-order valence-electron chi connectivity index (χ0n) is 17.7. The predicted octanol–water partition coefficient (Wildman–Crippen LogP) is 3.78. The number of sulfonamides is 1. The Labute approximate surface area is 194 Å². The summed E-state index contributed by atoms with van der Waals surface area (Å²) < 4.78 is 29.6. The molecule has 0 aliphatic carbocycles. The first-order chi connectivity index (χ1) is 15.8. The zero-order valence-corrected chi connectivity index (χ0v) is 19.3. The van der Waals surface area contributed by atoms with Crippen molar-refractivity contribution in [3.8, 4) is 5.69 Å². The number of hydrogen-bond acceptors (Lipinski definition) is 4. The lowest BCUT2D eigenvalue weighted by Crippen LogP contribution is -2.36. The van der Waals surface area contributed by atoms with E-state index in [1.807, 2.05) is 19.1 Å². The van der Waals surface area contributed by atoms with Crippen LogP contribution in [0.2, 0.25) is 5.02 Å². The fourth-order valence-electron chi connectivity index (χ4n) is 4.35. The largest absolute Gasteiger partial charge is 0.333 e. The lowest BCUT2D eigenvalue weighted by molar-refractivity contribution is 0.586. The van der Waals surface area contributed by atoms with Crippen molar-refractivity contribution in [3.05, 3.63) is 97.7 Å². The number of nitrogens with one attached hydrogen (secondary N) is 1. The number of aromatic nitrogens is 2. The van der Waals surface area contributed by atoms with Crippen LogP contribution in [0.5, 0.6) is 0 Å². The highest BCUT2D eigenvalue weighted by atomic mass is 35.5. The molecule has 0 fully saturated rings. The average molecular weight is 482 g/mol. The Morgan fingerprint density at radius 3 is 2.58 bits per heavy atom. The summed E-state index contributed by atoms with van der Waals surface area (Å²) in [4.78, 5) is 28.5. The van der Waals surface area contributed by atoms with E-state index in [-0.39, 0.29) is 15.6 Å². The standard InChI is InChI=1S/C24H20ClN3O4S/c1-15-6-4-10-21-17(15)8-5-13-27(21)33(31,32)16-11-12-19(25)22(14-16)28-23(29)18-7-2-3-9-20(18)26-24(28)30/h2-4,6-7,9-12,14H,5,8,13H2,1H3,(H,26,30). The minimum Gasteiger partial charge on any atom is -0.306 e. The number of para-hydroxylation sites is 1. The quantitative estimate of drug-likeness (QED) is 0.482. The topological polar surface area (TPSA) is 92.2 Å². The van der Waals surface area contributed by atoms with E-state index in [0.717, 1.165) is 22.1 Å². The van der Waals surface area contributed by atoms with Crippen molar-refractivity contribution >= 4 is 38.2 Å². The first-order valence-corrected chi connectivity index (χ1v) is 12.3. The summed E-state index contributed by atoms with van der Waals surface area (Å²) in [5.74, 6) is 0. The van der Waals surface area contributed by atoms with E-state index < -0.39 is 21.3 Å². The van der Waals surface area contributed by atoms with Gasteiger partial charge in [-0.1, -0.05) is 35.9 Å². The molecule has 4 aromatic rings. The van der Waals surface area contributed by atoms with Crippen molar-refractivity contribution < 1.29 is 8.42 Å². The fraction of sp³-hybridized carbons (Fsp3) is 0.167. The molecule has 0 atom stereocenters. The van der Waals surface area contributed by atoms with E-state index in [9.17, 15) is 18.0 Å². The van der Waals surface area contributed by atoms with Gasteiger partial charge in [0.1, 0.15) is 0 Å². The maximum atomic E-state index is 13.6. The number of fused-ring (bicyclic) bond motifs is 2. The second-order valence-electron chi connectivity index (χ2n) is 7.98. The van der Waals surface area contributed by atoms with Crippen LogP contribution in [0.3, 0.4) is 0 Å². The summed E-state index contributed by atoms with van der Waals surface area (Å²) in [6, 6.07) is 16.3. The third-order valence-electron chi connectivity index (χ3n) is 5.99. The monoisotopic (exact) mass is 481 g/mol. The summed E-state index contributed by atoms with van der Waals surface area (Å²) in [7, 11) is -3.96. The summed E-state index contributed by atoms with van der Waals surface area (Å²) in [6.45, 7) is 2.31. The van der Waals surface area contributed by atoms with Gasteiger partial charge in [-0.25, -0.2) is 17.8 Å². The van der Waals surface area contributed by atoms with Crippen LogP contribution in [-0.2, 0) is 16.4 Å². The second kappa shape index (κ2) is 7.90. The van der Waals surface area contributed by atoms with Gasteiger partial charge in [-0.15, -0.1) is 0 Å². The highest BCUT2D eigenvalue weighted by Crippen LogP contribution is 2.34. The molecule has 0 unspecified atom stereocenters. The molecule has 7 nitrogen and oxygen atoms in total. The molecule has 1 aromatic heterocycles. The van der Waals surface area contributed by atoms with E-state index >= 15 is 0 Å². The minimum absolute atomic E-state index is 0.0104. The molecule has 0 saturated heterocycles. The lowest BCUT2D eigenvalue weighted by atomic mass is 9.99. The number of hydrogen-bond donors (Lipinski definition) is 1. The van der Waals surface area contributed by atoms with Gasteiger partial charge in [-0.3, -0.25) is 9.10 Å². The molecule has 0 amide bonds. The van der Waals surface area contributed by atoms with Crippen LogP contribution in [0.4, 0.5) is 5.69 Å². The molecular formula is C24H20ClN3O4S. The number of anilines is 1. The van der Waals surface area contributed by atoms with Crippen LogP contribution in [0.15, 0.2) is 75.1 Å². The first kappa shape index (κ1) is 21.5. The SMILES string of the molecule is Cc1cccc2c1CCCN2S(=O)(=O)c1ccc(Cl)c(-n2c(=O)[nH]c3ccccc3c2=O)c1. The van der Waals surface area contributed by atoms with E-state index in [1.54, 1.807) is 30.3 Å². The number of rotatable bonds is 3. The third-order valence-corrected chi connectivity index (χ3v) is 8.12. The van der Waals surface area contributed by atoms with Gasteiger partial charge in [0, 0.05) is 6.54 Å². The number of H-pyrrole nitrogens is 1. The molecule has 0 saturated carbocycles. The van der Waals surface area contributed by atoms with Gasteiger partial charge in [0.15, 0.2) is 0 Å². The molecular weight excluding hydrogens is 462 g/mol. The maximum Gasteiger partial charge on any atom is 0.333 e. The van der Waals surface area contributed by atoms with Gasteiger partial charge < -0.3 is 4.98 Å². The Bertz CT molecular complexity index is 1640. The average Bonchev–Trinajstić information content (AvgIpc) is 2.80.